The number of aryl methyl sites for hydroxylation is 1. The molecule has 0 unspecified atom stereocenters. The molecule has 1 aromatic heterocycles. The number of thiophene rings is 1. The highest BCUT2D eigenvalue weighted by Crippen LogP contribution is 2.39. The monoisotopic (exact) mass is 344 g/mol. The van der Waals surface area contributed by atoms with Crippen LogP contribution in [0.2, 0.25) is 0 Å². The van der Waals surface area contributed by atoms with Crippen molar-refractivity contribution in [3.05, 3.63) is 40.3 Å². The number of ether oxygens (including phenoxy) is 2. The van der Waals surface area contributed by atoms with E-state index in [9.17, 15) is 9.59 Å². The van der Waals surface area contributed by atoms with Crippen LogP contribution in [0.4, 0.5) is 5.00 Å². The molecule has 0 bridgehead atoms. The van der Waals surface area contributed by atoms with E-state index in [0.29, 0.717) is 22.1 Å². The number of nitrogens with one attached hydrogen (secondary N) is 1. The van der Waals surface area contributed by atoms with E-state index in [1.807, 2.05) is 12.1 Å². The first-order valence-electron chi connectivity index (χ1n) is 7.77. The fourth-order valence-corrected chi connectivity index (χ4v) is 4.39. The Morgan fingerprint density at radius 1 is 1.21 bits per heavy atom. The van der Waals surface area contributed by atoms with Gasteiger partial charge in [0.05, 0.1) is 5.56 Å². The summed E-state index contributed by atoms with van der Waals surface area (Å²) in [7, 11) is 0. The maximum atomic E-state index is 12.5. The number of benzene rings is 1. The van der Waals surface area contributed by atoms with Gasteiger partial charge in [0.25, 0.3) is 11.8 Å². The fraction of sp³-hybridized carbons (Fsp3) is 0.294. The van der Waals surface area contributed by atoms with E-state index >= 15 is 0 Å². The number of nitrogens with two attached hydrogens (primary N) is 1. The largest absolute Gasteiger partial charge is 0.485 e. The van der Waals surface area contributed by atoms with Crippen LogP contribution in [0, 0.1) is 0 Å². The van der Waals surface area contributed by atoms with Gasteiger partial charge in [-0.05, 0) is 37.0 Å². The van der Waals surface area contributed by atoms with Crippen molar-refractivity contribution in [1.82, 2.24) is 0 Å². The lowest BCUT2D eigenvalue weighted by molar-refractivity contribution is -0.125. The molecule has 2 aromatic rings. The number of carbonyl (C=O) groups is 2. The van der Waals surface area contributed by atoms with Crippen LogP contribution in [0.5, 0.6) is 11.5 Å². The molecule has 3 N–H and O–H groups in total. The average Bonchev–Trinajstić information content (AvgIpc) is 3.14. The van der Waals surface area contributed by atoms with Gasteiger partial charge >= 0.3 is 0 Å². The molecule has 0 saturated carbocycles. The molecule has 1 aliphatic carbocycles. The molecule has 24 heavy (non-hydrogen) atoms. The first-order chi connectivity index (χ1) is 11.6. The quantitative estimate of drug-likeness (QED) is 0.892. The molecule has 0 saturated heterocycles. The van der Waals surface area contributed by atoms with Crippen LogP contribution in [0.1, 0.15) is 27.2 Å². The summed E-state index contributed by atoms with van der Waals surface area (Å²) in [6.45, 7) is 0.125. The van der Waals surface area contributed by atoms with Crippen LogP contribution >= 0.6 is 11.3 Å². The third-order valence-corrected chi connectivity index (χ3v) is 5.41. The van der Waals surface area contributed by atoms with Gasteiger partial charge in [-0.15, -0.1) is 11.3 Å². The second-order valence-electron chi connectivity index (χ2n) is 5.78. The van der Waals surface area contributed by atoms with Gasteiger partial charge in [0, 0.05) is 4.88 Å². The smallest absolute Gasteiger partial charge is 0.269 e. The van der Waals surface area contributed by atoms with E-state index in [-0.39, 0.29) is 12.5 Å². The number of rotatable bonds is 3. The van der Waals surface area contributed by atoms with Crippen LogP contribution in [0.15, 0.2) is 24.3 Å². The van der Waals surface area contributed by atoms with E-state index in [0.717, 1.165) is 29.7 Å². The van der Waals surface area contributed by atoms with E-state index in [1.54, 1.807) is 12.1 Å². The van der Waals surface area contributed by atoms with Crippen LogP contribution < -0.4 is 20.5 Å². The van der Waals surface area contributed by atoms with Gasteiger partial charge in [-0.25, -0.2) is 0 Å². The van der Waals surface area contributed by atoms with Crippen LogP contribution in [0.25, 0.3) is 0 Å². The van der Waals surface area contributed by atoms with Gasteiger partial charge < -0.3 is 20.5 Å². The highest BCUT2D eigenvalue weighted by Gasteiger charge is 2.31. The van der Waals surface area contributed by atoms with Crippen LogP contribution in [-0.2, 0) is 17.6 Å². The molecule has 6 nitrogen and oxygen atoms in total. The van der Waals surface area contributed by atoms with Crippen molar-refractivity contribution in [1.29, 1.82) is 0 Å². The topological polar surface area (TPSA) is 90.7 Å². The molecule has 2 heterocycles. The molecule has 1 aromatic carbocycles. The minimum atomic E-state index is -0.766. The molecule has 2 aliphatic rings. The van der Waals surface area contributed by atoms with Gasteiger partial charge in [0.15, 0.2) is 11.5 Å². The number of hydrogen-bond donors (Lipinski definition) is 2. The Bertz CT molecular complexity index is 830. The van der Waals surface area contributed by atoms with E-state index in [2.05, 4.69) is 5.32 Å². The highest BCUT2D eigenvalue weighted by atomic mass is 32.1. The maximum absolute atomic E-state index is 12.5. The Labute approximate surface area is 142 Å². The summed E-state index contributed by atoms with van der Waals surface area (Å²) >= 11 is 1.43. The summed E-state index contributed by atoms with van der Waals surface area (Å²) in [4.78, 5) is 25.4. The van der Waals surface area contributed by atoms with Crippen molar-refractivity contribution in [2.75, 3.05) is 11.9 Å². The Balaban J connectivity index is 1.54. The number of para-hydroxylation sites is 2. The standard InChI is InChI=1S/C17H16N2O4S/c18-15(20)14-9-4-3-7-13(9)24-17(14)19-16(21)12-8-22-10-5-1-2-6-11(10)23-12/h1-2,5-6,12H,3-4,7-8H2,(H2,18,20)(H,19,21)/t12-/m1/s1. The maximum Gasteiger partial charge on any atom is 0.269 e. The zero-order valence-corrected chi connectivity index (χ0v) is 13.7. The number of fused-ring (bicyclic) bond motifs is 2. The van der Waals surface area contributed by atoms with E-state index in [4.69, 9.17) is 15.2 Å². The number of anilines is 1. The molecule has 0 radical (unpaired) electrons. The summed E-state index contributed by atoms with van der Waals surface area (Å²) in [6.07, 6.45) is 2.01. The molecule has 7 heteroatoms. The second kappa shape index (κ2) is 5.83. The molecule has 1 aliphatic heterocycles. The van der Waals surface area contributed by atoms with Crippen molar-refractivity contribution in [3.63, 3.8) is 0 Å². The van der Waals surface area contributed by atoms with Gasteiger partial charge in [0.1, 0.15) is 11.6 Å². The molecular formula is C17H16N2O4S. The number of amides is 2. The highest BCUT2D eigenvalue weighted by molar-refractivity contribution is 7.17. The Kier molecular flexibility index (Phi) is 3.65. The van der Waals surface area contributed by atoms with Crippen LogP contribution in [-0.4, -0.2) is 24.5 Å². The molecule has 4 rings (SSSR count). The Hall–Kier alpha value is -2.54. The third kappa shape index (κ3) is 2.50. The summed E-state index contributed by atoms with van der Waals surface area (Å²) < 4.78 is 11.3. The first kappa shape index (κ1) is 15.0. The number of primary amides is 1. The molecular weight excluding hydrogens is 328 g/mol. The lowest BCUT2D eigenvalue weighted by Crippen LogP contribution is -2.40. The van der Waals surface area contributed by atoms with Crippen molar-refractivity contribution >= 4 is 28.2 Å². The molecule has 1 atom stereocenters. The third-order valence-electron chi connectivity index (χ3n) is 4.21. The summed E-state index contributed by atoms with van der Waals surface area (Å²) in [5.74, 6) is 0.310. The van der Waals surface area contributed by atoms with Gasteiger partial charge in [-0.3, -0.25) is 9.59 Å². The molecule has 0 spiro atoms. The minimum Gasteiger partial charge on any atom is -0.485 e. The van der Waals surface area contributed by atoms with Gasteiger partial charge in [-0.1, -0.05) is 12.1 Å². The Morgan fingerprint density at radius 3 is 2.79 bits per heavy atom. The van der Waals surface area contributed by atoms with E-state index < -0.39 is 12.0 Å². The summed E-state index contributed by atoms with van der Waals surface area (Å²) in [6, 6.07) is 7.20. The van der Waals surface area contributed by atoms with Gasteiger partial charge in [-0.2, -0.15) is 0 Å². The van der Waals surface area contributed by atoms with Crippen LogP contribution in [0.3, 0.4) is 0 Å². The zero-order chi connectivity index (χ0) is 16.7. The lowest BCUT2D eigenvalue weighted by atomic mass is 10.1. The number of carbonyl (C=O) groups excluding carboxylic acids is 2. The molecule has 0 fully saturated rings. The van der Waals surface area contributed by atoms with E-state index in [1.165, 1.54) is 11.3 Å². The second-order valence-corrected chi connectivity index (χ2v) is 6.88. The van der Waals surface area contributed by atoms with Crippen molar-refractivity contribution in [3.8, 4) is 11.5 Å². The van der Waals surface area contributed by atoms with Crippen molar-refractivity contribution in [2.45, 2.75) is 25.4 Å². The van der Waals surface area contributed by atoms with Gasteiger partial charge in [0.2, 0.25) is 6.10 Å². The summed E-state index contributed by atoms with van der Waals surface area (Å²) in [5, 5.41) is 3.31. The fourth-order valence-electron chi connectivity index (χ4n) is 3.09. The summed E-state index contributed by atoms with van der Waals surface area (Å²) in [5.41, 5.74) is 6.93. The normalized spacial score (nSPS) is 18.1. The zero-order valence-electron chi connectivity index (χ0n) is 12.8. The predicted octanol–water partition coefficient (Wildman–Crippen LogP) is 2.11. The predicted molar refractivity (Wildman–Crippen MR) is 89.8 cm³/mol. The van der Waals surface area contributed by atoms with Crippen molar-refractivity contribution < 1.29 is 19.1 Å². The Morgan fingerprint density at radius 2 is 2.00 bits per heavy atom. The SMILES string of the molecule is NC(=O)c1c(NC(=O)[C@H]2COc3ccccc3O2)sc2c1CCC2. The lowest BCUT2D eigenvalue weighted by Gasteiger charge is -2.25. The molecule has 2 amide bonds. The van der Waals surface area contributed by atoms with Crippen molar-refractivity contribution in [2.24, 2.45) is 5.73 Å². The molecule has 124 valence electrons. The number of hydrogen-bond acceptors (Lipinski definition) is 5. The average molecular weight is 344 g/mol. The first-order valence-corrected chi connectivity index (χ1v) is 8.59. The minimum absolute atomic E-state index is 0.125.